The molecule has 0 aromatic heterocycles. The summed E-state index contributed by atoms with van der Waals surface area (Å²) in [7, 11) is 3.89. The molecule has 1 heterocycles. The molecule has 2 rings (SSSR count). The molecule has 1 unspecified atom stereocenters. The predicted molar refractivity (Wildman–Crippen MR) is 98.6 cm³/mol. The average molecular weight is 341 g/mol. The lowest BCUT2D eigenvalue weighted by Crippen LogP contribution is -2.50. The van der Waals surface area contributed by atoms with Crippen molar-refractivity contribution in [2.75, 3.05) is 66.6 Å². The Kier molecular flexibility index (Phi) is 8.29. The van der Waals surface area contributed by atoms with Gasteiger partial charge in [-0.25, -0.2) is 0 Å². The molecule has 1 atom stereocenters. The number of guanidine groups is 1. The van der Waals surface area contributed by atoms with E-state index in [-0.39, 0.29) is 6.10 Å². The first kappa shape index (κ1) is 19.5. The number of hydrogen-bond acceptors (Lipinski definition) is 4. The maximum atomic E-state index is 5.89. The fourth-order valence-corrected chi connectivity index (χ4v) is 3.02. The molecule has 140 valence electrons. The van der Waals surface area contributed by atoms with Crippen molar-refractivity contribution in [1.29, 1.82) is 0 Å². The summed E-state index contributed by atoms with van der Waals surface area (Å²) in [6.45, 7) is 11.9. The molecule has 1 aliphatic heterocycles. The molecule has 2 aliphatic rings. The number of nitrogens with one attached hydrogen (secondary N) is 1. The highest BCUT2D eigenvalue weighted by atomic mass is 16.5. The van der Waals surface area contributed by atoms with E-state index in [0.29, 0.717) is 5.92 Å². The summed E-state index contributed by atoms with van der Waals surface area (Å²) in [4.78, 5) is 9.00. The third kappa shape index (κ3) is 7.36. The summed E-state index contributed by atoms with van der Waals surface area (Å²) in [6.07, 6.45) is 2.91. The van der Waals surface area contributed by atoms with Gasteiger partial charge in [0.25, 0.3) is 0 Å². The largest absolute Gasteiger partial charge is 0.379 e. The Morgan fingerprint density at radius 1 is 1.42 bits per heavy atom. The first-order valence-corrected chi connectivity index (χ1v) is 9.42. The van der Waals surface area contributed by atoms with E-state index in [1.165, 1.54) is 12.8 Å². The summed E-state index contributed by atoms with van der Waals surface area (Å²) < 4.78 is 11.6. The molecule has 2 fully saturated rings. The number of ether oxygens (including phenoxy) is 2. The van der Waals surface area contributed by atoms with Gasteiger partial charge in [0.2, 0.25) is 0 Å². The van der Waals surface area contributed by atoms with Crippen molar-refractivity contribution < 1.29 is 9.47 Å². The average Bonchev–Trinajstić information content (AvgIpc) is 3.36. The van der Waals surface area contributed by atoms with Crippen molar-refractivity contribution in [3.8, 4) is 0 Å². The number of nitrogens with zero attached hydrogens (tertiary/aromatic N) is 3. The maximum Gasteiger partial charge on any atom is 0.193 e. The van der Waals surface area contributed by atoms with Crippen LogP contribution in [0.4, 0.5) is 0 Å². The van der Waals surface area contributed by atoms with Gasteiger partial charge in [-0.2, -0.15) is 0 Å². The minimum Gasteiger partial charge on any atom is -0.379 e. The van der Waals surface area contributed by atoms with Gasteiger partial charge < -0.3 is 19.7 Å². The Morgan fingerprint density at radius 2 is 2.21 bits per heavy atom. The van der Waals surface area contributed by atoms with Crippen molar-refractivity contribution in [2.45, 2.75) is 32.8 Å². The fraction of sp³-hybridized carbons (Fsp3) is 0.944. The van der Waals surface area contributed by atoms with E-state index in [2.05, 4.69) is 41.0 Å². The van der Waals surface area contributed by atoms with Crippen molar-refractivity contribution in [3.63, 3.8) is 0 Å². The predicted octanol–water partition coefficient (Wildman–Crippen LogP) is 1.28. The molecule has 1 aliphatic carbocycles. The Labute approximate surface area is 147 Å². The third-order valence-electron chi connectivity index (χ3n) is 4.53. The van der Waals surface area contributed by atoms with E-state index in [0.717, 1.165) is 64.4 Å². The van der Waals surface area contributed by atoms with Crippen molar-refractivity contribution in [3.05, 3.63) is 0 Å². The van der Waals surface area contributed by atoms with Crippen LogP contribution in [-0.4, -0.2) is 88.5 Å². The fourth-order valence-electron chi connectivity index (χ4n) is 3.02. The zero-order valence-corrected chi connectivity index (χ0v) is 16.0. The second-order valence-corrected chi connectivity index (χ2v) is 7.51. The van der Waals surface area contributed by atoms with Crippen LogP contribution in [0.3, 0.4) is 0 Å². The number of likely N-dealkylation sites (N-methyl/N-ethyl adjacent to an activating group) is 1. The molecule has 24 heavy (non-hydrogen) atoms. The lowest BCUT2D eigenvalue weighted by Gasteiger charge is -2.34. The molecule has 1 saturated carbocycles. The normalized spacial score (nSPS) is 22.9. The number of rotatable bonds is 9. The van der Waals surface area contributed by atoms with Crippen LogP contribution in [0, 0.1) is 11.8 Å². The van der Waals surface area contributed by atoms with Crippen LogP contribution in [0.5, 0.6) is 0 Å². The molecule has 1 N–H and O–H groups in total. The van der Waals surface area contributed by atoms with Gasteiger partial charge in [-0.1, -0.05) is 13.8 Å². The smallest absolute Gasteiger partial charge is 0.193 e. The molecule has 0 aromatic carbocycles. The van der Waals surface area contributed by atoms with E-state index in [9.17, 15) is 0 Å². The Bertz CT molecular complexity index is 385. The minimum absolute atomic E-state index is 0.230. The molecule has 0 spiro atoms. The summed E-state index contributed by atoms with van der Waals surface area (Å²) >= 11 is 0. The molecular weight excluding hydrogens is 304 g/mol. The summed E-state index contributed by atoms with van der Waals surface area (Å²) in [5.74, 6) is 2.44. The topological polar surface area (TPSA) is 49.3 Å². The van der Waals surface area contributed by atoms with Crippen LogP contribution in [0.2, 0.25) is 0 Å². The zero-order valence-electron chi connectivity index (χ0n) is 16.0. The molecule has 0 amide bonds. The van der Waals surface area contributed by atoms with Gasteiger partial charge >= 0.3 is 0 Å². The van der Waals surface area contributed by atoms with Crippen molar-refractivity contribution in [2.24, 2.45) is 16.8 Å². The first-order chi connectivity index (χ1) is 11.6. The summed E-state index contributed by atoms with van der Waals surface area (Å²) in [6, 6.07) is 0. The number of hydrogen-bond donors (Lipinski definition) is 1. The van der Waals surface area contributed by atoms with E-state index in [4.69, 9.17) is 9.47 Å². The van der Waals surface area contributed by atoms with Crippen LogP contribution < -0.4 is 5.32 Å². The van der Waals surface area contributed by atoms with Gasteiger partial charge in [-0.3, -0.25) is 9.89 Å². The van der Waals surface area contributed by atoms with Crippen LogP contribution in [0.25, 0.3) is 0 Å². The molecule has 0 radical (unpaired) electrons. The zero-order chi connectivity index (χ0) is 17.4. The lowest BCUT2D eigenvalue weighted by atomic mass is 10.2. The minimum atomic E-state index is 0.230. The molecular formula is C18H36N4O2. The Balaban J connectivity index is 1.63. The molecule has 6 nitrogen and oxygen atoms in total. The number of morpholine rings is 1. The Morgan fingerprint density at radius 3 is 2.88 bits per heavy atom. The van der Waals surface area contributed by atoms with Gasteiger partial charge in [0.15, 0.2) is 5.96 Å². The van der Waals surface area contributed by atoms with E-state index >= 15 is 0 Å². The highest BCUT2D eigenvalue weighted by Crippen LogP contribution is 2.28. The van der Waals surface area contributed by atoms with Gasteiger partial charge in [0, 0.05) is 53.4 Å². The highest BCUT2D eigenvalue weighted by molar-refractivity contribution is 5.79. The van der Waals surface area contributed by atoms with Gasteiger partial charge in [0.05, 0.1) is 19.3 Å². The van der Waals surface area contributed by atoms with Crippen molar-refractivity contribution >= 4 is 5.96 Å². The van der Waals surface area contributed by atoms with Crippen LogP contribution >= 0.6 is 0 Å². The summed E-state index contributed by atoms with van der Waals surface area (Å²) in [5, 5.41) is 3.44. The summed E-state index contributed by atoms with van der Waals surface area (Å²) in [5.41, 5.74) is 0. The van der Waals surface area contributed by atoms with Gasteiger partial charge in [-0.15, -0.1) is 0 Å². The van der Waals surface area contributed by atoms with E-state index < -0.39 is 0 Å². The number of aliphatic imine (C=N–C) groups is 1. The molecule has 0 bridgehead atoms. The monoisotopic (exact) mass is 340 g/mol. The second kappa shape index (κ2) is 10.2. The highest BCUT2D eigenvalue weighted by Gasteiger charge is 2.22. The van der Waals surface area contributed by atoms with Crippen LogP contribution in [-0.2, 0) is 9.47 Å². The lowest BCUT2D eigenvalue weighted by molar-refractivity contribution is -0.0286. The Hall–Kier alpha value is -0.850. The molecule has 1 saturated heterocycles. The van der Waals surface area contributed by atoms with E-state index in [1.54, 1.807) is 0 Å². The third-order valence-corrected chi connectivity index (χ3v) is 4.53. The van der Waals surface area contributed by atoms with Crippen molar-refractivity contribution in [1.82, 2.24) is 15.1 Å². The SMILES string of the molecule is CN=C(NCC1CN(CC(C)C)CCO1)N(C)CCOCC1CC1. The van der Waals surface area contributed by atoms with Gasteiger partial charge in [0.1, 0.15) is 0 Å². The van der Waals surface area contributed by atoms with Crippen LogP contribution in [0.15, 0.2) is 4.99 Å². The standard InChI is InChI=1S/C18H36N4O2/c1-15(2)12-22-8-10-24-17(13-22)11-20-18(19-3)21(4)7-9-23-14-16-5-6-16/h15-17H,5-14H2,1-4H3,(H,19,20). The van der Waals surface area contributed by atoms with Gasteiger partial charge in [-0.05, 0) is 24.7 Å². The second-order valence-electron chi connectivity index (χ2n) is 7.51. The maximum absolute atomic E-state index is 5.89. The van der Waals surface area contributed by atoms with Crippen LogP contribution in [0.1, 0.15) is 26.7 Å². The molecule has 6 heteroatoms. The quantitative estimate of drug-likeness (QED) is 0.389. The van der Waals surface area contributed by atoms with E-state index in [1.807, 2.05) is 7.05 Å². The molecule has 0 aromatic rings. The first-order valence-electron chi connectivity index (χ1n) is 9.42.